The van der Waals surface area contributed by atoms with Gasteiger partial charge in [0, 0.05) is 17.7 Å². The van der Waals surface area contributed by atoms with Crippen LogP contribution in [-0.4, -0.2) is 25.2 Å². The Balaban J connectivity index is 2.23. The molecule has 2 atom stereocenters. The van der Waals surface area contributed by atoms with Gasteiger partial charge >= 0.3 is 0 Å². The van der Waals surface area contributed by atoms with Gasteiger partial charge in [-0.15, -0.1) is 0 Å². The van der Waals surface area contributed by atoms with Gasteiger partial charge in [0.15, 0.2) is 0 Å². The Hall–Kier alpha value is -0.740. The van der Waals surface area contributed by atoms with E-state index in [4.69, 9.17) is 4.74 Å². The van der Waals surface area contributed by atoms with Gasteiger partial charge in [-0.05, 0) is 36.5 Å². The van der Waals surface area contributed by atoms with E-state index >= 15 is 0 Å². The highest BCUT2D eigenvalue weighted by molar-refractivity contribution is 7.99. The molecule has 1 saturated heterocycles. The zero-order valence-electron chi connectivity index (χ0n) is 10.9. The molecule has 100 valence electrons. The number of hydrogen-bond acceptors (Lipinski definition) is 3. The van der Waals surface area contributed by atoms with Gasteiger partial charge in [0.2, 0.25) is 0 Å². The first-order valence-electron chi connectivity index (χ1n) is 6.40. The quantitative estimate of drug-likeness (QED) is 0.886. The molecule has 1 N–H and O–H groups in total. The number of rotatable bonds is 5. The molecule has 1 aromatic carbocycles. The molecule has 0 radical (unpaired) electrons. The van der Waals surface area contributed by atoms with Crippen LogP contribution in [0.2, 0.25) is 0 Å². The van der Waals surface area contributed by atoms with Crippen LogP contribution < -0.4 is 10.1 Å². The highest BCUT2D eigenvalue weighted by atomic mass is 32.2. The smallest absolute Gasteiger partial charge is 0.131 e. The number of thioether (sulfide) groups is 1. The Morgan fingerprint density at radius 3 is 2.94 bits per heavy atom. The van der Waals surface area contributed by atoms with Gasteiger partial charge in [0.1, 0.15) is 11.6 Å². The zero-order chi connectivity index (χ0) is 13.0. The van der Waals surface area contributed by atoms with E-state index in [0.717, 1.165) is 24.3 Å². The van der Waals surface area contributed by atoms with Crippen LogP contribution in [0.4, 0.5) is 4.39 Å². The number of benzene rings is 1. The van der Waals surface area contributed by atoms with Gasteiger partial charge in [-0.2, -0.15) is 11.8 Å². The molecule has 0 aliphatic carbocycles. The molecule has 1 heterocycles. The molecule has 2 rings (SSSR count). The highest BCUT2D eigenvalue weighted by Crippen LogP contribution is 2.35. The summed E-state index contributed by atoms with van der Waals surface area (Å²) in [6.07, 6.45) is 1.16. The van der Waals surface area contributed by atoms with Crippen molar-refractivity contribution in [3.63, 3.8) is 0 Å². The van der Waals surface area contributed by atoms with Crippen LogP contribution in [0.3, 0.4) is 0 Å². The summed E-state index contributed by atoms with van der Waals surface area (Å²) in [7, 11) is 1.56. The fraction of sp³-hybridized carbons (Fsp3) is 0.571. The molecular formula is C14H20FNOS. The monoisotopic (exact) mass is 269 g/mol. The van der Waals surface area contributed by atoms with Crippen molar-refractivity contribution in [2.24, 2.45) is 5.92 Å². The lowest BCUT2D eigenvalue weighted by molar-refractivity contribution is 0.382. The summed E-state index contributed by atoms with van der Waals surface area (Å²) >= 11 is 1.96. The minimum Gasteiger partial charge on any atom is -0.497 e. The van der Waals surface area contributed by atoms with E-state index in [9.17, 15) is 4.39 Å². The summed E-state index contributed by atoms with van der Waals surface area (Å²) in [5, 5.41) is 3.42. The lowest BCUT2D eigenvalue weighted by Gasteiger charge is -2.25. The van der Waals surface area contributed by atoms with Gasteiger partial charge in [0.25, 0.3) is 0 Å². The van der Waals surface area contributed by atoms with Crippen LogP contribution in [0.15, 0.2) is 18.2 Å². The first kappa shape index (κ1) is 13.7. The second-order valence-corrected chi connectivity index (χ2v) is 5.70. The Kier molecular flexibility index (Phi) is 4.89. The van der Waals surface area contributed by atoms with E-state index in [1.54, 1.807) is 7.11 Å². The SMILES string of the molecule is CCNC(c1ccc(OC)cc1F)C1CCSC1. The molecule has 1 aliphatic rings. The summed E-state index contributed by atoms with van der Waals surface area (Å²) in [4.78, 5) is 0. The first-order chi connectivity index (χ1) is 8.76. The predicted molar refractivity (Wildman–Crippen MR) is 74.8 cm³/mol. The van der Waals surface area contributed by atoms with Crippen LogP contribution >= 0.6 is 11.8 Å². The Morgan fingerprint density at radius 2 is 2.39 bits per heavy atom. The molecular weight excluding hydrogens is 249 g/mol. The van der Waals surface area contributed by atoms with E-state index in [2.05, 4.69) is 12.2 Å². The first-order valence-corrected chi connectivity index (χ1v) is 7.56. The topological polar surface area (TPSA) is 21.3 Å². The average Bonchev–Trinajstić information content (AvgIpc) is 2.90. The Bertz CT molecular complexity index is 393. The van der Waals surface area contributed by atoms with E-state index in [-0.39, 0.29) is 11.9 Å². The molecule has 1 fully saturated rings. The van der Waals surface area contributed by atoms with Crippen molar-refractivity contribution < 1.29 is 9.13 Å². The molecule has 18 heavy (non-hydrogen) atoms. The van der Waals surface area contributed by atoms with Crippen molar-refractivity contribution in [3.8, 4) is 5.75 Å². The third-order valence-corrected chi connectivity index (χ3v) is 4.59. The van der Waals surface area contributed by atoms with Gasteiger partial charge in [-0.1, -0.05) is 13.0 Å². The number of methoxy groups -OCH3 is 1. The highest BCUT2D eigenvalue weighted by Gasteiger charge is 2.28. The summed E-state index contributed by atoms with van der Waals surface area (Å²) in [6, 6.07) is 5.28. The molecule has 0 aromatic heterocycles. The van der Waals surface area contributed by atoms with Crippen molar-refractivity contribution in [3.05, 3.63) is 29.6 Å². The molecule has 4 heteroatoms. The normalized spacial score (nSPS) is 20.9. The average molecular weight is 269 g/mol. The largest absolute Gasteiger partial charge is 0.497 e. The standard InChI is InChI=1S/C14H20FNOS/c1-3-16-14(10-6-7-18-9-10)12-5-4-11(17-2)8-13(12)15/h4-5,8,10,14,16H,3,6-7,9H2,1-2H3. The summed E-state index contributed by atoms with van der Waals surface area (Å²) < 4.78 is 19.2. The minimum atomic E-state index is -0.169. The number of ether oxygens (including phenoxy) is 1. The number of nitrogens with one attached hydrogen (secondary N) is 1. The molecule has 0 saturated carbocycles. The van der Waals surface area contributed by atoms with E-state index in [1.165, 1.54) is 11.8 Å². The second kappa shape index (κ2) is 6.43. The van der Waals surface area contributed by atoms with Crippen LogP contribution in [0, 0.1) is 11.7 Å². The van der Waals surface area contributed by atoms with Gasteiger partial charge in [-0.25, -0.2) is 4.39 Å². The van der Waals surface area contributed by atoms with Crippen LogP contribution in [0.5, 0.6) is 5.75 Å². The zero-order valence-corrected chi connectivity index (χ0v) is 11.7. The van der Waals surface area contributed by atoms with Crippen LogP contribution in [0.1, 0.15) is 24.9 Å². The molecule has 1 aliphatic heterocycles. The van der Waals surface area contributed by atoms with Gasteiger partial charge in [0.05, 0.1) is 7.11 Å². The third kappa shape index (κ3) is 2.98. The van der Waals surface area contributed by atoms with E-state index in [1.807, 2.05) is 23.9 Å². The van der Waals surface area contributed by atoms with Crippen LogP contribution in [0.25, 0.3) is 0 Å². The molecule has 1 aromatic rings. The Morgan fingerprint density at radius 1 is 1.56 bits per heavy atom. The lowest BCUT2D eigenvalue weighted by Crippen LogP contribution is -2.29. The number of hydrogen-bond donors (Lipinski definition) is 1. The maximum Gasteiger partial charge on any atom is 0.131 e. The fourth-order valence-corrected chi connectivity index (χ4v) is 3.75. The Labute approximate surface area is 112 Å². The third-order valence-electron chi connectivity index (χ3n) is 3.40. The summed E-state index contributed by atoms with van der Waals surface area (Å²) in [5.41, 5.74) is 0.769. The molecule has 2 unspecified atom stereocenters. The van der Waals surface area contributed by atoms with E-state index < -0.39 is 0 Å². The van der Waals surface area contributed by atoms with Crippen molar-refractivity contribution in [2.75, 3.05) is 25.2 Å². The van der Waals surface area contributed by atoms with Gasteiger partial charge < -0.3 is 10.1 Å². The van der Waals surface area contributed by atoms with Crippen molar-refractivity contribution >= 4 is 11.8 Å². The number of halogens is 1. The van der Waals surface area contributed by atoms with Crippen molar-refractivity contribution in [1.29, 1.82) is 0 Å². The maximum absolute atomic E-state index is 14.1. The second-order valence-electron chi connectivity index (χ2n) is 4.55. The minimum absolute atomic E-state index is 0.121. The van der Waals surface area contributed by atoms with Crippen LogP contribution in [-0.2, 0) is 0 Å². The molecule has 0 spiro atoms. The summed E-state index contributed by atoms with van der Waals surface area (Å²) in [6.45, 7) is 2.92. The van der Waals surface area contributed by atoms with Crippen molar-refractivity contribution in [1.82, 2.24) is 5.32 Å². The molecule has 0 bridgehead atoms. The van der Waals surface area contributed by atoms with E-state index in [0.29, 0.717) is 11.7 Å². The molecule has 2 nitrogen and oxygen atoms in total. The molecule has 0 amide bonds. The lowest BCUT2D eigenvalue weighted by atomic mass is 9.92. The van der Waals surface area contributed by atoms with Gasteiger partial charge in [-0.3, -0.25) is 0 Å². The fourth-order valence-electron chi connectivity index (χ4n) is 2.45. The summed E-state index contributed by atoms with van der Waals surface area (Å²) in [5.74, 6) is 3.23. The maximum atomic E-state index is 14.1. The van der Waals surface area contributed by atoms with Crippen molar-refractivity contribution in [2.45, 2.75) is 19.4 Å². The predicted octanol–water partition coefficient (Wildman–Crippen LogP) is 3.24.